The van der Waals surface area contributed by atoms with Crippen LogP contribution in [0.1, 0.15) is 5.82 Å². The first-order valence-electron chi connectivity index (χ1n) is 9.40. The van der Waals surface area contributed by atoms with E-state index >= 15 is 0 Å². The van der Waals surface area contributed by atoms with E-state index in [1.165, 1.54) is 11.4 Å². The van der Waals surface area contributed by atoms with E-state index in [4.69, 9.17) is 4.74 Å². The predicted octanol–water partition coefficient (Wildman–Crippen LogP) is 4.48. The minimum absolute atomic E-state index is 0. The second-order valence-electron chi connectivity index (χ2n) is 6.76. The van der Waals surface area contributed by atoms with Crippen LogP contribution in [0.25, 0.3) is 5.69 Å². The number of piperazine rings is 1. The average Bonchev–Trinajstić information content (AvgIpc) is 3.14. The molecule has 6 nitrogen and oxygen atoms in total. The fraction of sp³-hybridized carbons (Fsp3) is 0.333. The van der Waals surface area contributed by atoms with E-state index in [-0.39, 0.29) is 24.8 Å². The minimum Gasteiger partial charge on any atom is -0.497 e. The van der Waals surface area contributed by atoms with Gasteiger partial charge < -0.3 is 14.5 Å². The van der Waals surface area contributed by atoms with Gasteiger partial charge >= 0.3 is 0 Å². The van der Waals surface area contributed by atoms with E-state index in [2.05, 4.69) is 61.0 Å². The molecule has 30 heavy (non-hydrogen) atoms. The average molecular weight is 468 g/mol. The van der Waals surface area contributed by atoms with Gasteiger partial charge in [-0.1, -0.05) is 11.8 Å². The molecule has 0 unspecified atom stereocenters. The molecule has 0 aliphatic carbocycles. The molecule has 2 heterocycles. The normalized spacial score (nSPS) is 13.4. The Morgan fingerprint density at radius 1 is 0.767 bits per heavy atom. The third-order valence-electron chi connectivity index (χ3n) is 5.17. The topological polar surface area (TPSA) is 46.4 Å². The monoisotopic (exact) mass is 467 g/mol. The number of hydrogen-bond donors (Lipinski definition) is 0. The zero-order valence-corrected chi connectivity index (χ0v) is 19.8. The van der Waals surface area contributed by atoms with Gasteiger partial charge in [-0.2, -0.15) is 0 Å². The van der Waals surface area contributed by atoms with Crippen molar-refractivity contribution in [3.63, 3.8) is 0 Å². The van der Waals surface area contributed by atoms with Crippen LogP contribution < -0.4 is 14.5 Å². The van der Waals surface area contributed by atoms with Gasteiger partial charge in [-0.05, 0) is 61.7 Å². The molecule has 1 aliphatic rings. The first-order chi connectivity index (χ1) is 13.7. The zero-order chi connectivity index (χ0) is 19.5. The summed E-state index contributed by atoms with van der Waals surface area (Å²) in [5, 5.41) is 9.33. The lowest BCUT2D eigenvalue weighted by atomic mass is 10.2. The number of nitrogens with zero attached hydrogens (tertiary/aromatic N) is 5. The van der Waals surface area contributed by atoms with Crippen LogP contribution in [0.4, 0.5) is 11.4 Å². The second-order valence-corrected chi connectivity index (χ2v) is 7.53. The van der Waals surface area contributed by atoms with Crippen LogP contribution in [-0.4, -0.2) is 54.3 Å². The molecule has 162 valence electrons. The number of aryl methyl sites for hydroxylation is 1. The molecule has 0 N–H and O–H groups in total. The van der Waals surface area contributed by atoms with E-state index in [0.29, 0.717) is 0 Å². The highest BCUT2D eigenvalue weighted by molar-refractivity contribution is 7.98. The van der Waals surface area contributed by atoms with Crippen molar-refractivity contribution in [3.05, 3.63) is 54.4 Å². The summed E-state index contributed by atoms with van der Waals surface area (Å²) in [7, 11) is 1.70. The lowest BCUT2D eigenvalue weighted by molar-refractivity contribution is 0.415. The highest BCUT2D eigenvalue weighted by Gasteiger charge is 2.18. The Bertz CT molecular complexity index is 926. The van der Waals surface area contributed by atoms with Gasteiger partial charge in [0.05, 0.1) is 7.11 Å². The molecule has 1 aromatic heterocycles. The Morgan fingerprint density at radius 3 is 1.70 bits per heavy atom. The minimum atomic E-state index is 0. The van der Waals surface area contributed by atoms with Gasteiger partial charge in [0.15, 0.2) is 5.16 Å². The molecular formula is C21H27Cl2N5OS. The second kappa shape index (κ2) is 10.8. The van der Waals surface area contributed by atoms with Crippen molar-refractivity contribution < 1.29 is 4.74 Å². The van der Waals surface area contributed by atoms with Crippen LogP contribution in [0.2, 0.25) is 0 Å². The Balaban J connectivity index is 0.00000160. The summed E-state index contributed by atoms with van der Waals surface area (Å²) in [5.41, 5.74) is 3.62. The zero-order valence-electron chi connectivity index (χ0n) is 17.3. The summed E-state index contributed by atoms with van der Waals surface area (Å²) in [6.07, 6.45) is 2.02. The Kier molecular flexibility index (Phi) is 8.70. The van der Waals surface area contributed by atoms with Crippen molar-refractivity contribution >= 4 is 48.0 Å². The van der Waals surface area contributed by atoms with Crippen molar-refractivity contribution in [1.29, 1.82) is 0 Å². The van der Waals surface area contributed by atoms with Gasteiger partial charge in [-0.3, -0.25) is 4.57 Å². The number of rotatable bonds is 5. The molecule has 1 aliphatic heterocycles. The van der Waals surface area contributed by atoms with E-state index in [0.717, 1.165) is 48.6 Å². The number of methoxy groups -OCH3 is 1. The smallest absolute Gasteiger partial charge is 0.195 e. The first kappa shape index (κ1) is 24.2. The van der Waals surface area contributed by atoms with Gasteiger partial charge in [-0.25, -0.2) is 0 Å². The number of hydrogen-bond acceptors (Lipinski definition) is 6. The molecule has 0 spiro atoms. The fourth-order valence-electron chi connectivity index (χ4n) is 3.60. The molecule has 0 radical (unpaired) electrons. The summed E-state index contributed by atoms with van der Waals surface area (Å²) in [6, 6.07) is 17.0. The summed E-state index contributed by atoms with van der Waals surface area (Å²) in [4.78, 5) is 4.87. The summed E-state index contributed by atoms with van der Waals surface area (Å²) < 4.78 is 7.35. The maximum atomic E-state index is 5.25. The molecule has 4 rings (SSSR count). The number of benzene rings is 2. The standard InChI is InChI=1S/C21H25N5OS.2ClH/c1-16-22-23-21(28-3)26(16)19-6-4-17(5-7-19)24-12-14-25(15-13-24)18-8-10-20(27-2)11-9-18;;/h4-11H,12-15H2,1-3H3;2*1H. The summed E-state index contributed by atoms with van der Waals surface area (Å²) in [5.74, 6) is 1.81. The van der Waals surface area contributed by atoms with Gasteiger partial charge in [0.2, 0.25) is 0 Å². The Morgan fingerprint density at radius 2 is 1.23 bits per heavy atom. The maximum Gasteiger partial charge on any atom is 0.195 e. The van der Waals surface area contributed by atoms with Crippen molar-refractivity contribution in [2.45, 2.75) is 12.1 Å². The number of halogens is 2. The largest absolute Gasteiger partial charge is 0.497 e. The van der Waals surface area contributed by atoms with Gasteiger partial charge in [0.25, 0.3) is 0 Å². The van der Waals surface area contributed by atoms with Crippen LogP contribution in [-0.2, 0) is 0 Å². The third kappa shape index (κ3) is 4.96. The molecule has 0 saturated carbocycles. The number of ether oxygens (including phenoxy) is 1. The van der Waals surface area contributed by atoms with E-state index in [9.17, 15) is 0 Å². The molecule has 1 fully saturated rings. The lowest BCUT2D eigenvalue weighted by Gasteiger charge is -2.37. The summed E-state index contributed by atoms with van der Waals surface area (Å²) >= 11 is 1.61. The van der Waals surface area contributed by atoms with Gasteiger partial charge in [0.1, 0.15) is 11.6 Å². The van der Waals surface area contributed by atoms with Crippen molar-refractivity contribution in [3.8, 4) is 11.4 Å². The van der Waals surface area contributed by atoms with Crippen LogP contribution in [0, 0.1) is 6.92 Å². The fourth-order valence-corrected chi connectivity index (χ4v) is 4.14. The molecular weight excluding hydrogens is 441 g/mol. The molecule has 0 amide bonds. The van der Waals surface area contributed by atoms with Crippen LogP contribution >= 0.6 is 36.6 Å². The molecule has 2 aromatic carbocycles. The molecule has 0 bridgehead atoms. The molecule has 1 saturated heterocycles. The SMILES string of the molecule is COc1ccc(N2CCN(c3ccc(-n4c(C)nnc4SC)cc3)CC2)cc1.Cl.Cl. The lowest BCUT2D eigenvalue weighted by Crippen LogP contribution is -2.46. The highest BCUT2D eigenvalue weighted by Crippen LogP contribution is 2.25. The van der Waals surface area contributed by atoms with Crippen LogP contribution in [0.3, 0.4) is 0 Å². The Labute approximate surface area is 194 Å². The number of thioether (sulfide) groups is 1. The predicted molar refractivity (Wildman–Crippen MR) is 130 cm³/mol. The van der Waals surface area contributed by atoms with Crippen LogP contribution in [0.5, 0.6) is 5.75 Å². The summed E-state index contributed by atoms with van der Waals surface area (Å²) in [6.45, 7) is 6.02. The van der Waals surface area contributed by atoms with Crippen molar-refractivity contribution in [1.82, 2.24) is 14.8 Å². The first-order valence-corrected chi connectivity index (χ1v) is 10.6. The third-order valence-corrected chi connectivity index (χ3v) is 5.80. The van der Waals surface area contributed by atoms with Crippen molar-refractivity contribution in [2.75, 3.05) is 49.3 Å². The van der Waals surface area contributed by atoms with Gasteiger partial charge in [0, 0.05) is 43.2 Å². The number of anilines is 2. The van der Waals surface area contributed by atoms with Gasteiger partial charge in [-0.15, -0.1) is 35.0 Å². The highest BCUT2D eigenvalue weighted by atomic mass is 35.5. The van der Waals surface area contributed by atoms with Crippen molar-refractivity contribution in [2.24, 2.45) is 0 Å². The number of aromatic nitrogens is 3. The Hall–Kier alpha value is -2.09. The van der Waals surface area contributed by atoms with E-state index in [1.54, 1.807) is 18.9 Å². The van der Waals surface area contributed by atoms with E-state index in [1.807, 2.05) is 25.3 Å². The maximum absolute atomic E-state index is 5.25. The van der Waals surface area contributed by atoms with E-state index < -0.39 is 0 Å². The van der Waals surface area contributed by atoms with Crippen LogP contribution in [0.15, 0.2) is 53.7 Å². The molecule has 3 aromatic rings. The molecule has 9 heteroatoms. The quantitative estimate of drug-likeness (QED) is 0.515. The molecule has 0 atom stereocenters.